The molecule has 0 amide bonds. The maximum absolute atomic E-state index is 13.3. The Morgan fingerprint density at radius 2 is 2.11 bits per heavy atom. The highest BCUT2D eigenvalue weighted by molar-refractivity contribution is 6.31. The summed E-state index contributed by atoms with van der Waals surface area (Å²) in [7, 11) is 0. The molecule has 0 radical (unpaired) electrons. The van der Waals surface area contributed by atoms with Crippen LogP contribution in [0.15, 0.2) is 18.2 Å². The molecule has 1 saturated heterocycles. The Morgan fingerprint density at radius 3 is 2.68 bits per heavy atom. The van der Waals surface area contributed by atoms with Crippen LogP contribution >= 0.6 is 11.6 Å². The first-order valence-electron chi connectivity index (χ1n) is 6.77. The average Bonchev–Trinajstić information content (AvgIpc) is 2.31. The van der Waals surface area contributed by atoms with Crippen LogP contribution in [-0.2, 0) is 0 Å². The summed E-state index contributed by atoms with van der Waals surface area (Å²) in [5.74, 6) is 0.160. The maximum atomic E-state index is 13.3. The number of rotatable bonds is 2. The van der Waals surface area contributed by atoms with E-state index in [0.29, 0.717) is 12.0 Å². The molecule has 0 aromatic heterocycles. The van der Waals surface area contributed by atoms with Crippen LogP contribution in [0.5, 0.6) is 0 Å². The highest BCUT2D eigenvalue weighted by Crippen LogP contribution is 2.29. The van der Waals surface area contributed by atoms with Crippen LogP contribution in [0.1, 0.15) is 27.7 Å². The molecule has 0 saturated carbocycles. The van der Waals surface area contributed by atoms with Gasteiger partial charge in [0, 0.05) is 30.4 Å². The van der Waals surface area contributed by atoms with E-state index in [-0.39, 0.29) is 16.4 Å². The number of hydrogen-bond acceptors (Lipinski definition) is 2. The molecule has 0 bridgehead atoms. The predicted molar refractivity (Wildman–Crippen MR) is 79.5 cm³/mol. The zero-order chi connectivity index (χ0) is 14.2. The summed E-state index contributed by atoms with van der Waals surface area (Å²) in [5.41, 5.74) is 1.05. The van der Waals surface area contributed by atoms with Gasteiger partial charge in [-0.25, -0.2) is 4.39 Å². The smallest absolute Gasteiger partial charge is 0.141 e. The van der Waals surface area contributed by atoms with E-state index in [1.54, 1.807) is 6.07 Å². The van der Waals surface area contributed by atoms with Gasteiger partial charge >= 0.3 is 0 Å². The van der Waals surface area contributed by atoms with Crippen molar-refractivity contribution < 1.29 is 4.39 Å². The van der Waals surface area contributed by atoms with Gasteiger partial charge in [0.2, 0.25) is 0 Å². The second-order valence-electron chi connectivity index (χ2n) is 6.30. The molecule has 0 spiro atoms. The molecule has 2 rings (SSSR count). The van der Waals surface area contributed by atoms with Crippen LogP contribution in [0.2, 0.25) is 5.02 Å². The summed E-state index contributed by atoms with van der Waals surface area (Å²) < 4.78 is 13.3. The SMILES string of the molecule is CC(C)C1CNC(C)(C)CN1c1ccc(F)c(Cl)c1. The van der Waals surface area contributed by atoms with Crippen molar-refractivity contribution in [3.63, 3.8) is 0 Å². The molecule has 4 heteroatoms. The third kappa shape index (κ3) is 3.21. The lowest BCUT2D eigenvalue weighted by atomic mass is 9.92. The van der Waals surface area contributed by atoms with Crippen molar-refractivity contribution in [1.29, 1.82) is 0 Å². The van der Waals surface area contributed by atoms with E-state index in [4.69, 9.17) is 11.6 Å². The molecule has 0 aliphatic carbocycles. The molecule has 19 heavy (non-hydrogen) atoms. The van der Waals surface area contributed by atoms with Crippen molar-refractivity contribution in [2.45, 2.75) is 39.3 Å². The van der Waals surface area contributed by atoms with Gasteiger partial charge < -0.3 is 10.2 Å². The number of piperazine rings is 1. The van der Waals surface area contributed by atoms with Crippen molar-refractivity contribution >= 4 is 17.3 Å². The Hall–Kier alpha value is -0.800. The van der Waals surface area contributed by atoms with Crippen LogP contribution in [0.25, 0.3) is 0 Å². The van der Waals surface area contributed by atoms with E-state index in [9.17, 15) is 4.39 Å². The summed E-state index contributed by atoms with van der Waals surface area (Å²) in [5, 5.41) is 3.76. The van der Waals surface area contributed by atoms with E-state index in [1.807, 2.05) is 6.07 Å². The number of halogens is 2. The van der Waals surface area contributed by atoms with Crippen molar-refractivity contribution in [3.05, 3.63) is 29.0 Å². The van der Waals surface area contributed by atoms with E-state index in [2.05, 4.69) is 37.9 Å². The minimum Gasteiger partial charge on any atom is -0.365 e. The van der Waals surface area contributed by atoms with Gasteiger partial charge in [-0.1, -0.05) is 25.4 Å². The monoisotopic (exact) mass is 284 g/mol. The zero-order valence-corrected chi connectivity index (χ0v) is 12.8. The molecule has 1 aromatic carbocycles. The molecular weight excluding hydrogens is 263 g/mol. The molecule has 1 fully saturated rings. The first-order chi connectivity index (χ1) is 8.80. The normalized spacial score (nSPS) is 22.9. The molecule has 1 aliphatic heterocycles. The number of nitrogens with zero attached hydrogens (tertiary/aromatic N) is 1. The third-order valence-electron chi connectivity index (χ3n) is 3.76. The molecular formula is C15H22ClFN2. The van der Waals surface area contributed by atoms with Crippen LogP contribution < -0.4 is 10.2 Å². The minimum atomic E-state index is -0.360. The molecule has 106 valence electrons. The summed E-state index contributed by atoms with van der Waals surface area (Å²) >= 11 is 5.91. The van der Waals surface area contributed by atoms with Gasteiger partial charge in [-0.2, -0.15) is 0 Å². The average molecular weight is 285 g/mol. The standard InChI is InChI=1S/C15H22ClFN2/c1-10(2)14-8-18-15(3,4)9-19(14)11-5-6-13(17)12(16)7-11/h5-7,10,14,18H,8-9H2,1-4H3. The Morgan fingerprint density at radius 1 is 1.42 bits per heavy atom. The van der Waals surface area contributed by atoms with Crippen molar-refractivity contribution in [2.75, 3.05) is 18.0 Å². The quantitative estimate of drug-likeness (QED) is 0.891. The lowest BCUT2D eigenvalue weighted by Crippen LogP contribution is -2.63. The Bertz CT molecular complexity index is 459. The second kappa shape index (κ2) is 5.29. The Kier molecular flexibility index (Phi) is 4.07. The van der Waals surface area contributed by atoms with Gasteiger partial charge in [0.05, 0.1) is 5.02 Å². The van der Waals surface area contributed by atoms with Gasteiger partial charge in [0.25, 0.3) is 0 Å². The summed E-state index contributed by atoms with van der Waals surface area (Å²) in [6.45, 7) is 10.6. The van der Waals surface area contributed by atoms with E-state index in [1.165, 1.54) is 6.07 Å². The van der Waals surface area contributed by atoms with Crippen LogP contribution in [0, 0.1) is 11.7 Å². The van der Waals surface area contributed by atoms with Crippen LogP contribution in [-0.4, -0.2) is 24.7 Å². The van der Waals surface area contributed by atoms with Gasteiger partial charge in [-0.05, 0) is 38.0 Å². The summed E-state index contributed by atoms with van der Waals surface area (Å²) in [6.07, 6.45) is 0. The molecule has 1 unspecified atom stereocenters. The number of nitrogens with one attached hydrogen (secondary N) is 1. The fourth-order valence-electron chi connectivity index (χ4n) is 2.63. The molecule has 1 N–H and O–H groups in total. The van der Waals surface area contributed by atoms with Gasteiger partial charge in [0.1, 0.15) is 5.82 Å². The van der Waals surface area contributed by atoms with Crippen LogP contribution in [0.3, 0.4) is 0 Å². The summed E-state index contributed by atoms with van der Waals surface area (Å²) in [4.78, 5) is 2.34. The third-order valence-corrected chi connectivity index (χ3v) is 4.05. The van der Waals surface area contributed by atoms with Gasteiger partial charge in [-0.3, -0.25) is 0 Å². The molecule has 1 aromatic rings. The van der Waals surface area contributed by atoms with Crippen LogP contribution in [0.4, 0.5) is 10.1 Å². The Balaban J connectivity index is 2.33. The topological polar surface area (TPSA) is 15.3 Å². The minimum absolute atomic E-state index is 0.0479. The zero-order valence-electron chi connectivity index (χ0n) is 12.0. The molecule has 2 nitrogen and oxygen atoms in total. The number of anilines is 1. The molecule has 1 atom stereocenters. The van der Waals surface area contributed by atoms with Crippen molar-refractivity contribution in [2.24, 2.45) is 5.92 Å². The fraction of sp³-hybridized carbons (Fsp3) is 0.600. The van der Waals surface area contributed by atoms with Gasteiger partial charge in [-0.15, -0.1) is 0 Å². The first kappa shape index (κ1) is 14.6. The number of benzene rings is 1. The van der Waals surface area contributed by atoms with E-state index in [0.717, 1.165) is 18.8 Å². The predicted octanol–water partition coefficient (Wildman–Crippen LogP) is 3.69. The fourth-order valence-corrected chi connectivity index (χ4v) is 2.81. The number of hydrogen-bond donors (Lipinski definition) is 1. The van der Waals surface area contributed by atoms with Gasteiger partial charge in [0.15, 0.2) is 0 Å². The van der Waals surface area contributed by atoms with Crippen molar-refractivity contribution in [1.82, 2.24) is 5.32 Å². The van der Waals surface area contributed by atoms with E-state index >= 15 is 0 Å². The summed E-state index contributed by atoms with van der Waals surface area (Å²) in [6, 6.07) is 5.39. The van der Waals surface area contributed by atoms with Crippen molar-refractivity contribution in [3.8, 4) is 0 Å². The lowest BCUT2D eigenvalue weighted by molar-refractivity contribution is 0.277. The highest BCUT2D eigenvalue weighted by atomic mass is 35.5. The Labute approximate surface area is 119 Å². The molecule has 1 heterocycles. The maximum Gasteiger partial charge on any atom is 0.141 e. The second-order valence-corrected chi connectivity index (χ2v) is 6.71. The van der Waals surface area contributed by atoms with E-state index < -0.39 is 0 Å². The lowest BCUT2D eigenvalue weighted by Gasteiger charge is -2.47. The molecule has 1 aliphatic rings. The highest BCUT2D eigenvalue weighted by Gasteiger charge is 2.34. The largest absolute Gasteiger partial charge is 0.365 e. The first-order valence-corrected chi connectivity index (χ1v) is 7.15.